The van der Waals surface area contributed by atoms with Crippen molar-refractivity contribution < 1.29 is 14.3 Å². The molecular formula is C22H19BrN2O3. The number of nitrogens with zero attached hydrogens (tertiary/aromatic N) is 1. The summed E-state index contributed by atoms with van der Waals surface area (Å²) in [6, 6.07) is 22.4. The second-order valence-electron chi connectivity index (χ2n) is 5.92. The Morgan fingerprint density at radius 1 is 1.04 bits per heavy atom. The van der Waals surface area contributed by atoms with Gasteiger partial charge >= 0.3 is 0 Å². The number of hydrazone groups is 1. The highest BCUT2D eigenvalue weighted by molar-refractivity contribution is 9.10. The normalized spacial score (nSPS) is 10.6. The first-order valence-corrected chi connectivity index (χ1v) is 9.38. The number of benzene rings is 3. The molecule has 0 saturated carbocycles. The second-order valence-corrected chi connectivity index (χ2v) is 6.83. The van der Waals surface area contributed by atoms with E-state index >= 15 is 0 Å². The highest BCUT2D eigenvalue weighted by atomic mass is 79.9. The van der Waals surface area contributed by atoms with Gasteiger partial charge in [0, 0.05) is 10.0 Å². The van der Waals surface area contributed by atoms with Crippen LogP contribution in [0.3, 0.4) is 0 Å². The van der Waals surface area contributed by atoms with Crippen LogP contribution in [0.2, 0.25) is 0 Å². The lowest BCUT2D eigenvalue weighted by atomic mass is 10.2. The molecular weight excluding hydrogens is 420 g/mol. The third-order valence-corrected chi connectivity index (χ3v) is 4.44. The van der Waals surface area contributed by atoms with Crippen molar-refractivity contribution in [1.82, 2.24) is 5.43 Å². The Morgan fingerprint density at radius 3 is 2.50 bits per heavy atom. The summed E-state index contributed by atoms with van der Waals surface area (Å²) in [7, 11) is 1.56. The zero-order valence-corrected chi connectivity index (χ0v) is 16.8. The Hall–Kier alpha value is -3.12. The highest BCUT2D eigenvalue weighted by Crippen LogP contribution is 2.16. The van der Waals surface area contributed by atoms with Crippen molar-refractivity contribution in [2.24, 2.45) is 5.10 Å². The predicted molar refractivity (Wildman–Crippen MR) is 113 cm³/mol. The smallest absolute Gasteiger partial charge is 0.271 e. The van der Waals surface area contributed by atoms with Crippen LogP contribution in [0.1, 0.15) is 21.5 Å². The summed E-state index contributed by atoms with van der Waals surface area (Å²) in [4.78, 5) is 12.1. The van der Waals surface area contributed by atoms with E-state index in [-0.39, 0.29) is 5.91 Å². The lowest BCUT2D eigenvalue weighted by Gasteiger charge is -2.06. The van der Waals surface area contributed by atoms with Crippen molar-refractivity contribution in [3.8, 4) is 11.5 Å². The van der Waals surface area contributed by atoms with Crippen LogP contribution in [0.4, 0.5) is 0 Å². The van der Waals surface area contributed by atoms with Gasteiger partial charge in [0.1, 0.15) is 18.1 Å². The molecule has 3 aromatic rings. The van der Waals surface area contributed by atoms with Crippen molar-refractivity contribution >= 4 is 28.1 Å². The van der Waals surface area contributed by atoms with Gasteiger partial charge in [0.2, 0.25) is 0 Å². The average molecular weight is 439 g/mol. The fraction of sp³-hybridized carbons (Fsp3) is 0.0909. The minimum atomic E-state index is -0.301. The molecule has 1 N–H and O–H groups in total. The maximum absolute atomic E-state index is 12.1. The van der Waals surface area contributed by atoms with Gasteiger partial charge in [-0.1, -0.05) is 34.1 Å². The predicted octanol–water partition coefficient (Wildman–Crippen LogP) is 4.80. The highest BCUT2D eigenvalue weighted by Gasteiger charge is 2.05. The molecule has 1 amide bonds. The van der Waals surface area contributed by atoms with E-state index in [9.17, 15) is 4.79 Å². The van der Waals surface area contributed by atoms with Crippen LogP contribution in [0.25, 0.3) is 0 Å². The summed E-state index contributed by atoms with van der Waals surface area (Å²) in [6.45, 7) is 0.497. The summed E-state index contributed by atoms with van der Waals surface area (Å²) >= 11 is 3.41. The van der Waals surface area contributed by atoms with Crippen molar-refractivity contribution in [1.29, 1.82) is 0 Å². The van der Waals surface area contributed by atoms with Crippen LogP contribution < -0.4 is 14.9 Å². The number of carbonyl (C=O) groups excluding carboxylic acids is 1. The zero-order valence-electron chi connectivity index (χ0n) is 15.3. The molecule has 0 aliphatic rings. The molecule has 0 spiro atoms. The molecule has 142 valence electrons. The topological polar surface area (TPSA) is 59.9 Å². The Balaban J connectivity index is 1.51. The Kier molecular flexibility index (Phi) is 6.81. The molecule has 0 radical (unpaired) electrons. The van der Waals surface area contributed by atoms with Gasteiger partial charge in [0.25, 0.3) is 5.91 Å². The van der Waals surface area contributed by atoms with Crippen LogP contribution in [-0.4, -0.2) is 19.2 Å². The van der Waals surface area contributed by atoms with Crippen LogP contribution in [0, 0.1) is 0 Å². The van der Waals surface area contributed by atoms with Crippen molar-refractivity contribution in [3.05, 3.63) is 94.0 Å². The van der Waals surface area contributed by atoms with Crippen molar-refractivity contribution in [2.45, 2.75) is 6.61 Å². The summed E-state index contributed by atoms with van der Waals surface area (Å²) in [6.07, 6.45) is 1.58. The number of halogens is 1. The Labute approximate surface area is 172 Å². The number of carbonyl (C=O) groups is 1. The molecule has 28 heavy (non-hydrogen) atoms. The molecule has 5 nitrogen and oxygen atoms in total. The third kappa shape index (κ3) is 5.69. The molecule has 0 heterocycles. The second kappa shape index (κ2) is 9.71. The van der Waals surface area contributed by atoms with E-state index in [1.165, 1.54) is 0 Å². The van der Waals surface area contributed by atoms with Crippen LogP contribution in [0.5, 0.6) is 11.5 Å². The number of methoxy groups -OCH3 is 1. The average Bonchev–Trinajstić information content (AvgIpc) is 2.74. The summed E-state index contributed by atoms with van der Waals surface area (Å²) in [5, 5.41) is 3.99. The lowest BCUT2D eigenvalue weighted by molar-refractivity contribution is 0.0955. The van der Waals surface area contributed by atoms with Gasteiger partial charge in [0.15, 0.2) is 0 Å². The summed E-state index contributed by atoms with van der Waals surface area (Å²) in [5.41, 5.74) is 4.92. The molecule has 0 saturated heterocycles. The minimum Gasteiger partial charge on any atom is -0.497 e. The molecule has 0 bridgehead atoms. The van der Waals surface area contributed by atoms with Gasteiger partial charge in [-0.2, -0.15) is 5.10 Å². The van der Waals surface area contributed by atoms with Gasteiger partial charge in [0.05, 0.1) is 13.3 Å². The van der Waals surface area contributed by atoms with E-state index in [4.69, 9.17) is 9.47 Å². The van der Waals surface area contributed by atoms with E-state index in [1.807, 2.05) is 48.5 Å². The van der Waals surface area contributed by atoms with E-state index in [0.29, 0.717) is 17.9 Å². The zero-order chi connectivity index (χ0) is 19.8. The minimum absolute atomic E-state index is 0.301. The SMILES string of the molecule is COc1cccc(C(=O)N/N=C\c2ccc(OCc3ccc(Br)cc3)cc2)c1. The molecule has 6 heteroatoms. The number of hydrogen-bond donors (Lipinski definition) is 1. The maximum atomic E-state index is 12.1. The van der Waals surface area contributed by atoms with Gasteiger partial charge in [-0.3, -0.25) is 4.79 Å². The first kappa shape index (κ1) is 19.6. The van der Waals surface area contributed by atoms with E-state index in [0.717, 1.165) is 21.3 Å². The quantitative estimate of drug-likeness (QED) is 0.425. The third-order valence-electron chi connectivity index (χ3n) is 3.91. The molecule has 3 aromatic carbocycles. The van der Waals surface area contributed by atoms with E-state index in [2.05, 4.69) is 26.5 Å². The van der Waals surface area contributed by atoms with Gasteiger partial charge in [-0.25, -0.2) is 5.43 Å². The molecule has 0 aromatic heterocycles. The summed E-state index contributed by atoms with van der Waals surface area (Å²) < 4.78 is 11.9. The van der Waals surface area contributed by atoms with Gasteiger partial charge in [-0.15, -0.1) is 0 Å². The fourth-order valence-electron chi connectivity index (χ4n) is 2.39. The first-order valence-electron chi connectivity index (χ1n) is 8.59. The molecule has 0 fully saturated rings. The van der Waals surface area contributed by atoms with Crippen molar-refractivity contribution in [3.63, 3.8) is 0 Å². The number of rotatable bonds is 7. The molecule has 3 rings (SSSR count). The van der Waals surface area contributed by atoms with Crippen LogP contribution in [-0.2, 0) is 6.61 Å². The molecule has 0 aliphatic carbocycles. The number of ether oxygens (including phenoxy) is 2. The number of amides is 1. The summed E-state index contributed by atoms with van der Waals surface area (Å²) in [5.74, 6) is 1.08. The molecule has 0 unspecified atom stereocenters. The van der Waals surface area contributed by atoms with E-state index in [1.54, 1.807) is 37.6 Å². The first-order chi connectivity index (χ1) is 13.6. The van der Waals surface area contributed by atoms with Gasteiger partial charge < -0.3 is 9.47 Å². The Morgan fingerprint density at radius 2 is 1.79 bits per heavy atom. The Bertz CT molecular complexity index is 954. The van der Waals surface area contributed by atoms with E-state index < -0.39 is 0 Å². The fourth-order valence-corrected chi connectivity index (χ4v) is 2.66. The number of hydrogen-bond acceptors (Lipinski definition) is 4. The number of nitrogens with one attached hydrogen (secondary N) is 1. The molecule has 0 atom stereocenters. The van der Waals surface area contributed by atoms with Gasteiger partial charge in [-0.05, 0) is 65.7 Å². The standard InChI is InChI=1S/C22H19BrN2O3/c1-27-21-4-2-3-18(13-21)22(26)25-24-14-16-7-11-20(12-8-16)28-15-17-5-9-19(23)10-6-17/h2-14H,15H2,1H3,(H,25,26)/b24-14-. The molecule has 0 aliphatic heterocycles. The largest absolute Gasteiger partial charge is 0.497 e. The maximum Gasteiger partial charge on any atom is 0.271 e. The monoisotopic (exact) mass is 438 g/mol. The van der Waals surface area contributed by atoms with Crippen LogP contribution >= 0.6 is 15.9 Å². The lowest BCUT2D eigenvalue weighted by Crippen LogP contribution is -2.17. The van der Waals surface area contributed by atoms with Crippen molar-refractivity contribution in [2.75, 3.05) is 7.11 Å². The van der Waals surface area contributed by atoms with Crippen LogP contribution in [0.15, 0.2) is 82.4 Å².